The van der Waals surface area contributed by atoms with Crippen molar-refractivity contribution in [1.82, 2.24) is 10.6 Å². The van der Waals surface area contributed by atoms with Crippen LogP contribution in [0.5, 0.6) is 0 Å². The van der Waals surface area contributed by atoms with E-state index in [-0.39, 0.29) is 36.5 Å². The Balaban J connectivity index is 1.91. The van der Waals surface area contributed by atoms with Crippen LogP contribution in [0.3, 0.4) is 0 Å². The maximum atomic E-state index is 12.9. The molecule has 0 saturated carbocycles. The van der Waals surface area contributed by atoms with Crippen molar-refractivity contribution in [1.29, 1.82) is 0 Å². The number of nitrogens with one attached hydrogen (secondary N) is 2. The van der Waals surface area contributed by atoms with Gasteiger partial charge in [0.15, 0.2) is 0 Å². The minimum absolute atomic E-state index is 0.0482. The van der Waals surface area contributed by atoms with E-state index in [2.05, 4.69) is 10.6 Å². The maximum Gasteiger partial charge on any atom is 0.243 e. The molecule has 132 valence electrons. The average molecular weight is 342 g/mol. The number of rotatable bonds is 7. The van der Waals surface area contributed by atoms with Crippen LogP contribution in [0.1, 0.15) is 25.0 Å². The Morgan fingerprint density at radius 2 is 1.60 bits per heavy atom. The van der Waals surface area contributed by atoms with Gasteiger partial charge in [0, 0.05) is 6.54 Å². The van der Waals surface area contributed by atoms with E-state index in [1.807, 2.05) is 44.2 Å². The van der Waals surface area contributed by atoms with Gasteiger partial charge in [0.2, 0.25) is 11.8 Å². The van der Waals surface area contributed by atoms with Gasteiger partial charge in [0.1, 0.15) is 11.9 Å². The normalized spacial score (nSPS) is 11.8. The fourth-order valence-electron chi connectivity index (χ4n) is 2.44. The minimum atomic E-state index is -0.614. The predicted octanol–water partition coefficient (Wildman–Crippen LogP) is 2.83. The Morgan fingerprint density at radius 3 is 2.20 bits per heavy atom. The molecule has 0 spiro atoms. The lowest BCUT2D eigenvalue weighted by Crippen LogP contribution is -2.49. The fourth-order valence-corrected chi connectivity index (χ4v) is 2.44. The molecule has 4 nitrogen and oxygen atoms in total. The number of carbonyl (C=O) groups is 2. The molecule has 2 N–H and O–H groups in total. The Hall–Kier alpha value is -2.69. The second-order valence-corrected chi connectivity index (χ2v) is 6.30. The molecule has 0 aliphatic rings. The zero-order valence-electron chi connectivity index (χ0n) is 14.5. The van der Waals surface area contributed by atoms with Crippen LogP contribution in [0.2, 0.25) is 0 Å². The number of halogens is 1. The van der Waals surface area contributed by atoms with Crippen molar-refractivity contribution in [3.05, 3.63) is 71.5 Å². The van der Waals surface area contributed by atoms with E-state index in [0.29, 0.717) is 0 Å². The third-order valence-electron chi connectivity index (χ3n) is 3.85. The molecule has 25 heavy (non-hydrogen) atoms. The van der Waals surface area contributed by atoms with Gasteiger partial charge >= 0.3 is 0 Å². The molecule has 1 atom stereocenters. The van der Waals surface area contributed by atoms with Crippen molar-refractivity contribution < 1.29 is 14.0 Å². The Kier molecular flexibility index (Phi) is 6.69. The van der Waals surface area contributed by atoms with Crippen molar-refractivity contribution in [2.45, 2.75) is 32.9 Å². The van der Waals surface area contributed by atoms with Gasteiger partial charge in [-0.3, -0.25) is 9.59 Å². The smallest absolute Gasteiger partial charge is 0.243 e. The molecule has 2 aromatic carbocycles. The summed E-state index contributed by atoms with van der Waals surface area (Å²) in [6.45, 7) is 4.05. The van der Waals surface area contributed by atoms with Gasteiger partial charge in [-0.25, -0.2) is 4.39 Å². The van der Waals surface area contributed by atoms with Crippen LogP contribution in [-0.4, -0.2) is 17.9 Å². The van der Waals surface area contributed by atoms with Crippen LogP contribution in [0.25, 0.3) is 0 Å². The summed E-state index contributed by atoms with van der Waals surface area (Å²) in [5.41, 5.74) is 1.70. The van der Waals surface area contributed by atoms with E-state index in [1.165, 1.54) is 12.1 Å². The first-order chi connectivity index (χ1) is 12.0. The number of hydrogen-bond acceptors (Lipinski definition) is 2. The number of carbonyl (C=O) groups excluding carboxylic acids is 2. The van der Waals surface area contributed by atoms with Crippen LogP contribution in [0, 0.1) is 11.7 Å². The summed E-state index contributed by atoms with van der Waals surface area (Å²) >= 11 is 0. The summed E-state index contributed by atoms with van der Waals surface area (Å²) < 4.78 is 12.9. The molecule has 5 heteroatoms. The lowest BCUT2D eigenvalue weighted by molar-refractivity contribution is -0.129. The lowest BCUT2D eigenvalue weighted by Gasteiger charge is -2.22. The number of amides is 2. The molecule has 0 heterocycles. The molecule has 0 aliphatic carbocycles. The molecule has 2 aromatic rings. The predicted molar refractivity (Wildman–Crippen MR) is 95.2 cm³/mol. The molecule has 0 radical (unpaired) electrons. The monoisotopic (exact) mass is 342 g/mol. The third-order valence-corrected chi connectivity index (χ3v) is 3.85. The van der Waals surface area contributed by atoms with Crippen molar-refractivity contribution in [3.8, 4) is 0 Å². The van der Waals surface area contributed by atoms with Crippen LogP contribution >= 0.6 is 0 Å². The molecule has 2 rings (SSSR count). The summed E-state index contributed by atoms with van der Waals surface area (Å²) in [6.07, 6.45) is 0.231. The van der Waals surface area contributed by atoms with Gasteiger partial charge in [-0.05, 0) is 29.2 Å². The third kappa shape index (κ3) is 6.03. The second kappa shape index (κ2) is 8.97. The van der Waals surface area contributed by atoms with Gasteiger partial charge < -0.3 is 10.6 Å². The van der Waals surface area contributed by atoms with Crippen LogP contribution in [-0.2, 0) is 22.6 Å². The Labute approximate surface area is 147 Å². The molecule has 0 aliphatic heterocycles. The molecule has 0 fully saturated rings. The average Bonchev–Trinajstić information content (AvgIpc) is 2.59. The first kappa shape index (κ1) is 18.6. The second-order valence-electron chi connectivity index (χ2n) is 6.30. The largest absolute Gasteiger partial charge is 0.350 e. The van der Waals surface area contributed by atoms with Crippen LogP contribution in [0.4, 0.5) is 4.39 Å². The van der Waals surface area contributed by atoms with Gasteiger partial charge in [-0.15, -0.1) is 0 Å². The van der Waals surface area contributed by atoms with Crippen molar-refractivity contribution in [3.63, 3.8) is 0 Å². The molecular weight excluding hydrogens is 319 g/mol. The highest BCUT2D eigenvalue weighted by Gasteiger charge is 2.23. The van der Waals surface area contributed by atoms with Crippen molar-refractivity contribution in [2.75, 3.05) is 0 Å². The van der Waals surface area contributed by atoms with E-state index in [9.17, 15) is 14.0 Å². The molecule has 0 unspecified atom stereocenters. The van der Waals surface area contributed by atoms with Crippen molar-refractivity contribution >= 4 is 11.8 Å². The highest BCUT2D eigenvalue weighted by molar-refractivity contribution is 5.88. The molecule has 2 amide bonds. The summed E-state index contributed by atoms with van der Waals surface area (Å²) in [6, 6.07) is 14.7. The molecule has 0 saturated heterocycles. The first-order valence-corrected chi connectivity index (χ1v) is 8.31. The fraction of sp³-hybridized carbons (Fsp3) is 0.300. The highest BCUT2D eigenvalue weighted by Crippen LogP contribution is 2.06. The van der Waals surface area contributed by atoms with Crippen LogP contribution in [0.15, 0.2) is 54.6 Å². The minimum Gasteiger partial charge on any atom is -0.350 e. The summed E-state index contributed by atoms with van der Waals surface area (Å²) in [7, 11) is 0. The van der Waals surface area contributed by atoms with Gasteiger partial charge in [-0.1, -0.05) is 56.3 Å². The topological polar surface area (TPSA) is 58.2 Å². The number of hydrogen-bond donors (Lipinski definition) is 2. The van der Waals surface area contributed by atoms with Gasteiger partial charge in [0.05, 0.1) is 6.42 Å². The van der Waals surface area contributed by atoms with E-state index in [1.54, 1.807) is 12.1 Å². The standard InChI is InChI=1S/C20H23FN2O2/c1-14(2)19(23-18(24)12-15-6-4-3-5-7-15)20(25)22-13-16-8-10-17(21)11-9-16/h3-11,14,19H,12-13H2,1-2H3,(H,22,25)(H,23,24)/t19-/m1/s1. The summed E-state index contributed by atoms with van der Waals surface area (Å²) in [4.78, 5) is 24.6. The van der Waals surface area contributed by atoms with E-state index < -0.39 is 6.04 Å². The Bertz CT molecular complexity index is 699. The zero-order chi connectivity index (χ0) is 18.2. The maximum absolute atomic E-state index is 12.9. The van der Waals surface area contributed by atoms with Crippen molar-refractivity contribution in [2.24, 2.45) is 5.92 Å². The zero-order valence-corrected chi connectivity index (χ0v) is 14.5. The first-order valence-electron chi connectivity index (χ1n) is 8.31. The van der Waals surface area contributed by atoms with E-state index in [4.69, 9.17) is 0 Å². The van der Waals surface area contributed by atoms with E-state index in [0.717, 1.165) is 11.1 Å². The summed E-state index contributed by atoms with van der Waals surface area (Å²) in [5.74, 6) is -0.807. The van der Waals surface area contributed by atoms with Gasteiger partial charge in [0.25, 0.3) is 0 Å². The molecule has 0 aromatic heterocycles. The highest BCUT2D eigenvalue weighted by atomic mass is 19.1. The molecule has 0 bridgehead atoms. The van der Waals surface area contributed by atoms with E-state index >= 15 is 0 Å². The quantitative estimate of drug-likeness (QED) is 0.813. The van der Waals surface area contributed by atoms with Crippen LogP contribution < -0.4 is 10.6 Å². The number of benzene rings is 2. The Morgan fingerprint density at radius 1 is 0.960 bits per heavy atom. The van der Waals surface area contributed by atoms with Gasteiger partial charge in [-0.2, -0.15) is 0 Å². The summed E-state index contributed by atoms with van der Waals surface area (Å²) in [5, 5.41) is 5.59. The molecular formula is C20H23FN2O2. The lowest BCUT2D eigenvalue weighted by atomic mass is 10.0. The SMILES string of the molecule is CC(C)[C@@H](NC(=O)Cc1ccccc1)C(=O)NCc1ccc(F)cc1.